The van der Waals surface area contributed by atoms with Crippen molar-refractivity contribution in [3.8, 4) is 0 Å². The molecule has 0 atom stereocenters. The Kier molecular flexibility index (Phi) is 12.4. The molecule has 2 aromatic heterocycles. The van der Waals surface area contributed by atoms with Crippen LogP contribution < -0.4 is 9.80 Å². The van der Waals surface area contributed by atoms with Crippen LogP contribution in [-0.2, 0) is 6.42 Å². The maximum atomic E-state index is 14.7. The van der Waals surface area contributed by atoms with Crippen LogP contribution >= 0.6 is 162 Å². The molecule has 3 aliphatic rings. The van der Waals surface area contributed by atoms with Crippen molar-refractivity contribution in [2.45, 2.75) is 19.3 Å². The Morgan fingerprint density at radius 2 is 0.739 bits per heavy atom. The van der Waals surface area contributed by atoms with E-state index in [0.29, 0.717) is 5.69 Å². The molecule has 10 rings (SSSR count). The molecule has 4 amide bonds. The van der Waals surface area contributed by atoms with Crippen molar-refractivity contribution in [2.24, 2.45) is 0 Å². The molecule has 0 radical (unpaired) electrons. The van der Waals surface area contributed by atoms with E-state index in [1.165, 1.54) is 24.3 Å². The van der Waals surface area contributed by atoms with Crippen LogP contribution in [0.1, 0.15) is 90.6 Å². The van der Waals surface area contributed by atoms with E-state index < -0.39 is 52.2 Å². The summed E-state index contributed by atoms with van der Waals surface area (Å²) in [7, 11) is 0. The number of aromatic nitrogens is 2. The zero-order valence-electron chi connectivity index (χ0n) is 33.3. The maximum Gasteiger partial charge on any atom is 0.267 e. The van der Waals surface area contributed by atoms with Crippen molar-refractivity contribution >= 4 is 231 Å². The highest BCUT2D eigenvalue weighted by molar-refractivity contribution is 6.59. The van der Waals surface area contributed by atoms with Crippen molar-refractivity contribution in [2.75, 3.05) is 9.80 Å². The highest BCUT2D eigenvalue weighted by Crippen LogP contribution is 2.52. The second kappa shape index (κ2) is 17.4. The summed E-state index contributed by atoms with van der Waals surface area (Å²) in [5.74, 6) is -7.14. The number of fused-ring (bicyclic) bond motifs is 5. The van der Waals surface area contributed by atoms with E-state index in [-0.39, 0.29) is 149 Å². The Morgan fingerprint density at radius 3 is 1.10 bits per heavy atom. The third kappa shape index (κ3) is 6.97. The van der Waals surface area contributed by atoms with Crippen molar-refractivity contribution in [1.82, 2.24) is 9.97 Å². The Hall–Kier alpha value is -3.40. The summed E-state index contributed by atoms with van der Waals surface area (Å²) in [6.45, 7) is 1.70. The molecule has 10 nitrogen and oxygen atoms in total. The number of pyridine rings is 2. The van der Waals surface area contributed by atoms with Gasteiger partial charge in [0.1, 0.15) is 5.92 Å². The Morgan fingerprint density at radius 1 is 0.420 bits per heavy atom. The van der Waals surface area contributed by atoms with Gasteiger partial charge in [0.05, 0.1) is 132 Å². The molecule has 4 heterocycles. The van der Waals surface area contributed by atoms with Gasteiger partial charge in [-0.1, -0.05) is 162 Å². The molecular weight excluding hydrogens is 1190 g/mol. The van der Waals surface area contributed by atoms with E-state index in [1.54, 1.807) is 19.1 Å². The number of halogens is 14. The van der Waals surface area contributed by atoms with Crippen molar-refractivity contribution in [1.29, 1.82) is 0 Å². The van der Waals surface area contributed by atoms with Crippen LogP contribution in [0.25, 0.3) is 21.8 Å². The van der Waals surface area contributed by atoms with Crippen LogP contribution in [-0.4, -0.2) is 45.2 Å². The van der Waals surface area contributed by atoms with Gasteiger partial charge in [-0.2, -0.15) is 0 Å². The minimum Gasteiger partial charge on any atom is -0.293 e. The van der Waals surface area contributed by atoms with Crippen molar-refractivity contribution in [3.05, 3.63) is 163 Å². The molecule has 69 heavy (non-hydrogen) atoms. The average Bonchev–Trinajstić information content (AvgIpc) is 3.85. The fourth-order valence-corrected chi connectivity index (χ4v) is 12.4. The number of ketones is 2. The number of rotatable bonds is 5. The first-order valence-electron chi connectivity index (χ1n) is 19.2. The zero-order chi connectivity index (χ0) is 49.9. The Balaban J connectivity index is 1.22. The quantitative estimate of drug-likeness (QED) is 0.0720. The molecule has 1 aliphatic carbocycles. The van der Waals surface area contributed by atoms with Crippen LogP contribution in [0.15, 0.2) is 36.4 Å². The summed E-state index contributed by atoms with van der Waals surface area (Å²) in [6, 6.07) is 8.64. The molecule has 346 valence electrons. The second-order valence-electron chi connectivity index (χ2n) is 15.5. The number of hydrogen-bond donors (Lipinski definition) is 0. The van der Waals surface area contributed by atoms with Crippen molar-refractivity contribution in [3.63, 3.8) is 0 Å². The van der Waals surface area contributed by atoms with E-state index in [4.69, 9.17) is 162 Å². The molecule has 0 bridgehead atoms. The molecule has 0 saturated carbocycles. The first-order valence-corrected chi connectivity index (χ1v) is 24.4. The number of Topliss-reactive ketones (excluding diaryl/α,β-unsaturated/α-hetero) is 2. The number of carbonyl (C=O) groups excluding carboxylic acids is 6. The smallest absolute Gasteiger partial charge is 0.267 e. The summed E-state index contributed by atoms with van der Waals surface area (Å²) in [5.41, 5.74) is -1.60. The summed E-state index contributed by atoms with van der Waals surface area (Å²) in [5, 5.41) is -3.57. The number of imide groups is 2. The highest BCUT2D eigenvalue weighted by Gasteiger charge is 2.48. The fraction of sp³-hybridized carbons (Fsp3) is 0.0667. The number of nitrogens with zero attached hydrogens (tertiary/aromatic N) is 4. The number of anilines is 2. The van der Waals surface area contributed by atoms with Crippen LogP contribution in [0.2, 0.25) is 70.3 Å². The number of aryl methyl sites for hydroxylation is 1. The predicted molar refractivity (Wildman–Crippen MR) is 274 cm³/mol. The van der Waals surface area contributed by atoms with E-state index >= 15 is 0 Å². The molecule has 2 aliphatic heterocycles. The maximum absolute atomic E-state index is 14.7. The monoisotopic (exact) mass is 1190 g/mol. The molecule has 0 unspecified atom stereocenters. The van der Waals surface area contributed by atoms with Gasteiger partial charge >= 0.3 is 0 Å². The summed E-state index contributed by atoms with van der Waals surface area (Å²) in [6.07, 6.45) is -0.383. The number of amides is 4. The van der Waals surface area contributed by atoms with Gasteiger partial charge in [-0.3, -0.25) is 33.8 Å². The van der Waals surface area contributed by atoms with Gasteiger partial charge in [-0.15, -0.1) is 0 Å². The minimum atomic E-state index is -1.62. The van der Waals surface area contributed by atoms with Gasteiger partial charge in [0.2, 0.25) is 0 Å². The molecule has 0 fully saturated rings. The summed E-state index contributed by atoms with van der Waals surface area (Å²) < 4.78 is 0. The standard InChI is InChI=1S/C45H12Cl14N4O6/c1-9-2-3-12-36(60-9)14(46)7-10(38(12)62-42(66)20-21(43(62)67)27(51)33(57)32(56)26(20)50)6-11-8-15(47)37-13(39(11)63-44(68)22-23(45(63)69)29(53)35(59)34(58)28(22)52)4-5-16(61-37)17-40(64)18-19(41(17)65)25(49)31(55)30(54)24(18)48/h2-5,7-8,17H,6H2,1H3. The van der Waals surface area contributed by atoms with Crippen LogP contribution in [0, 0.1) is 6.92 Å². The lowest BCUT2D eigenvalue weighted by Gasteiger charge is -2.25. The number of hydrogen-bond acceptors (Lipinski definition) is 8. The van der Waals surface area contributed by atoms with Gasteiger partial charge in [0.15, 0.2) is 11.6 Å². The first-order chi connectivity index (χ1) is 32.5. The topological polar surface area (TPSA) is 135 Å². The van der Waals surface area contributed by atoms with Crippen LogP contribution in [0.4, 0.5) is 11.4 Å². The van der Waals surface area contributed by atoms with E-state index in [9.17, 15) is 28.8 Å². The lowest BCUT2D eigenvalue weighted by atomic mass is 9.94. The van der Waals surface area contributed by atoms with E-state index in [1.807, 2.05) is 0 Å². The third-order valence-electron chi connectivity index (χ3n) is 11.7. The van der Waals surface area contributed by atoms with Crippen LogP contribution in [0.3, 0.4) is 0 Å². The molecule has 0 spiro atoms. The number of benzene rings is 5. The predicted octanol–water partition coefficient (Wildman–Crippen LogP) is 16.6. The van der Waals surface area contributed by atoms with E-state index in [0.717, 1.165) is 9.80 Å². The average molecular weight is 1200 g/mol. The molecule has 7 aromatic rings. The molecule has 0 N–H and O–H groups in total. The second-order valence-corrected chi connectivity index (χ2v) is 20.8. The van der Waals surface area contributed by atoms with Crippen LogP contribution in [0.5, 0.6) is 0 Å². The largest absolute Gasteiger partial charge is 0.293 e. The minimum absolute atomic E-state index is 0.00735. The van der Waals surface area contributed by atoms with Gasteiger partial charge < -0.3 is 0 Å². The molecule has 0 saturated heterocycles. The fourth-order valence-electron chi connectivity index (χ4n) is 8.74. The Bertz CT molecular complexity index is 3630. The summed E-state index contributed by atoms with van der Waals surface area (Å²) >= 11 is 91.3. The lowest BCUT2D eigenvalue weighted by molar-refractivity contribution is 0.0880. The summed E-state index contributed by atoms with van der Waals surface area (Å²) in [4.78, 5) is 97.5. The number of carbonyl (C=O) groups is 6. The molecule has 5 aromatic carbocycles. The molecular formula is C45H12Cl14N4O6. The van der Waals surface area contributed by atoms with E-state index in [2.05, 4.69) is 9.97 Å². The van der Waals surface area contributed by atoms with Gasteiger partial charge in [-0.05, 0) is 54.4 Å². The molecule has 24 heteroatoms. The SMILES string of the molecule is Cc1ccc2c(N3C(=O)c4c(Cl)c(Cl)c(Cl)c(Cl)c4C3=O)c(Cc3cc(Cl)c4nc(C5C(=O)c6c(Cl)c(Cl)c(Cl)c(Cl)c6C5=O)ccc4c3N3C(=O)c4c(Cl)c(Cl)c(Cl)c(Cl)c4C3=O)cc(Cl)c2n1. The normalized spacial score (nSPS) is 14.7. The third-order valence-corrected chi connectivity index (χ3v) is 17.7. The lowest BCUT2D eigenvalue weighted by Crippen LogP contribution is -2.32. The van der Waals surface area contributed by atoms with Gasteiger partial charge in [0, 0.05) is 22.9 Å². The Labute approximate surface area is 456 Å². The van der Waals surface area contributed by atoms with Crippen molar-refractivity contribution < 1.29 is 28.8 Å². The van der Waals surface area contributed by atoms with Gasteiger partial charge in [-0.25, -0.2) is 14.8 Å². The van der Waals surface area contributed by atoms with Gasteiger partial charge in [0.25, 0.3) is 23.6 Å². The zero-order valence-corrected chi connectivity index (χ0v) is 43.9. The highest BCUT2D eigenvalue weighted by atomic mass is 35.5. The first kappa shape index (κ1) is 49.2.